The van der Waals surface area contributed by atoms with Crippen LogP contribution in [-0.4, -0.2) is 17.6 Å². The number of hydrogen-bond donors (Lipinski definition) is 2. The number of pyridine rings is 1. The molecule has 0 atom stereocenters. The number of para-hydroxylation sites is 1. The average Bonchev–Trinajstić information content (AvgIpc) is 2.58. The standard InChI is InChI=1S/C18H17N3O3.Rb/c1-2-24-18(23)13-10-20-15-9-16(22)14(19)8-12(15)17(13)21-11-6-4-3-5-7-11;/h3-10,22H,2,19H2,1H3,(H,20,21);/q;+1/p-1. The molecule has 0 aliphatic carbocycles. The number of carbonyl (C=O) groups excluding carboxylic acids is 1. The number of benzene rings is 2. The van der Waals surface area contributed by atoms with Gasteiger partial charge in [-0.05, 0) is 31.2 Å². The minimum Gasteiger partial charge on any atom is -0.871 e. The third kappa shape index (κ3) is 4.38. The maximum Gasteiger partial charge on any atom is 1.00 e. The Morgan fingerprint density at radius 2 is 2.00 bits per heavy atom. The summed E-state index contributed by atoms with van der Waals surface area (Å²) in [6.07, 6.45) is 1.40. The monoisotopic (exact) mass is 407 g/mol. The molecule has 6 nitrogen and oxygen atoms in total. The molecule has 0 spiro atoms. The number of fused-ring (bicyclic) bond motifs is 1. The van der Waals surface area contributed by atoms with Gasteiger partial charge in [0, 0.05) is 23.0 Å². The van der Waals surface area contributed by atoms with E-state index in [4.69, 9.17) is 10.5 Å². The summed E-state index contributed by atoms with van der Waals surface area (Å²) in [4.78, 5) is 16.4. The van der Waals surface area contributed by atoms with Crippen LogP contribution < -0.4 is 74.3 Å². The normalized spacial score (nSPS) is 10.1. The quantitative estimate of drug-likeness (QED) is 0.459. The molecule has 0 saturated carbocycles. The van der Waals surface area contributed by atoms with Crippen molar-refractivity contribution >= 4 is 33.9 Å². The van der Waals surface area contributed by atoms with Crippen LogP contribution in [0.2, 0.25) is 0 Å². The molecule has 3 aromatic rings. The van der Waals surface area contributed by atoms with Crippen LogP contribution in [0.3, 0.4) is 0 Å². The van der Waals surface area contributed by atoms with Crippen LogP contribution in [0.25, 0.3) is 10.9 Å². The van der Waals surface area contributed by atoms with E-state index in [0.29, 0.717) is 16.6 Å². The number of esters is 1. The molecule has 0 amide bonds. The van der Waals surface area contributed by atoms with Gasteiger partial charge in [0.25, 0.3) is 0 Å². The van der Waals surface area contributed by atoms with Gasteiger partial charge in [0.05, 0.1) is 17.8 Å². The van der Waals surface area contributed by atoms with Crippen LogP contribution in [0.1, 0.15) is 17.3 Å². The number of carbonyl (C=O) groups is 1. The molecule has 3 N–H and O–H groups in total. The van der Waals surface area contributed by atoms with Crippen molar-refractivity contribution in [2.45, 2.75) is 6.92 Å². The van der Waals surface area contributed by atoms with E-state index in [1.807, 2.05) is 30.3 Å². The summed E-state index contributed by atoms with van der Waals surface area (Å²) in [6, 6.07) is 12.3. The Labute approximate surface area is 194 Å². The average molecular weight is 408 g/mol. The second-order valence-corrected chi connectivity index (χ2v) is 5.17. The van der Waals surface area contributed by atoms with Crippen molar-refractivity contribution in [3.8, 4) is 5.75 Å². The second-order valence-electron chi connectivity index (χ2n) is 5.17. The van der Waals surface area contributed by atoms with Crippen molar-refractivity contribution in [1.29, 1.82) is 0 Å². The summed E-state index contributed by atoms with van der Waals surface area (Å²) in [7, 11) is 0. The van der Waals surface area contributed by atoms with Gasteiger partial charge in [-0.15, -0.1) is 0 Å². The van der Waals surface area contributed by atoms with E-state index in [1.165, 1.54) is 18.3 Å². The number of nitrogen functional groups attached to an aromatic ring is 1. The molecule has 1 heterocycles. The Balaban J connectivity index is 0.00000225. The molecule has 25 heavy (non-hydrogen) atoms. The Hall–Kier alpha value is -1.47. The SMILES string of the molecule is CCOC(=O)c1cnc2cc([O-])c(N)cc2c1Nc1ccccc1.[Rb+]. The zero-order valence-electron chi connectivity index (χ0n) is 14.1. The number of rotatable bonds is 4. The minimum absolute atomic E-state index is 0. The summed E-state index contributed by atoms with van der Waals surface area (Å²) in [5.74, 6) is -0.792. The Morgan fingerprint density at radius 3 is 2.68 bits per heavy atom. The fourth-order valence-corrected chi connectivity index (χ4v) is 2.40. The van der Waals surface area contributed by atoms with Crippen molar-refractivity contribution in [3.63, 3.8) is 0 Å². The molecule has 7 heteroatoms. The molecule has 2 aromatic carbocycles. The summed E-state index contributed by atoms with van der Waals surface area (Å²) in [5.41, 5.74) is 7.89. The zero-order chi connectivity index (χ0) is 17.1. The number of anilines is 3. The second kappa shape index (κ2) is 8.76. The third-order valence-corrected chi connectivity index (χ3v) is 3.54. The number of nitrogens with zero attached hydrogens (tertiary/aromatic N) is 1. The van der Waals surface area contributed by atoms with E-state index >= 15 is 0 Å². The number of nitrogens with two attached hydrogens (primary N) is 1. The summed E-state index contributed by atoms with van der Waals surface area (Å²) in [6.45, 7) is 1.99. The third-order valence-electron chi connectivity index (χ3n) is 3.54. The summed E-state index contributed by atoms with van der Waals surface area (Å²) in [5, 5.41) is 15.5. The zero-order valence-corrected chi connectivity index (χ0v) is 19.0. The van der Waals surface area contributed by atoms with Crippen molar-refractivity contribution in [1.82, 2.24) is 4.98 Å². The molecular formula is C18H16N3O3Rb. The van der Waals surface area contributed by atoms with Gasteiger partial charge in [-0.25, -0.2) is 4.79 Å². The molecule has 1 aromatic heterocycles. The number of nitrogens with one attached hydrogen (secondary N) is 1. The molecule has 0 unspecified atom stereocenters. The van der Waals surface area contributed by atoms with Crippen molar-refractivity contribution in [3.05, 3.63) is 54.2 Å². The maximum atomic E-state index is 12.3. The summed E-state index contributed by atoms with van der Waals surface area (Å²) >= 11 is 0. The first-order chi connectivity index (χ1) is 11.6. The summed E-state index contributed by atoms with van der Waals surface area (Å²) < 4.78 is 5.10. The topological polar surface area (TPSA) is 100 Å². The van der Waals surface area contributed by atoms with Gasteiger partial charge in [-0.2, -0.15) is 0 Å². The Kier molecular flexibility index (Phi) is 6.95. The molecule has 0 fully saturated rings. The van der Waals surface area contributed by atoms with Crippen molar-refractivity contribution in [2.75, 3.05) is 17.7 Å². The van der Waals surface area contributed by atoms with E-state index in [9.17, 15) is 9.90 Å². The van der Waals surface area contributed by atoms with Gasteiger partial charge in [-0.3, -0.25) is 4.98 Å². The molecule has 0 saturated heterocycles. The first kappa shape index (κ1) is 19.8. The molecule has 0 radical (unpaired) electrons. The molecule has 0 aliphatic heterocycles. The van der Waals surface area contributed by atoms with Crippen LogP contribution in [-0.2, 0) is 4.74 Å². The van der Waals surface area contributed by atoms with Gasteiger partial charge in [0.1, 0.15) is 5.56 Å². The first-order valence-electron chi connectivity index (χ1n) is 7.48. The minimum atomic E-state index is -0.491. The van der Waals surface area contributed by atoms with E-state index in [1.54, 1.807) is 6.92 Å². The smallest absolute Gasteiger partial charge is 0.871 e. The van der Waals surface area contributed by atoms with Crippen LogP contribution >= 0.6 is 0 Å². The molecule has 0 aliphatic rings. The Morgan fingerprint density at radius 1 is 1.28 bits per heavy atom. The number of ether oxygens (including phenoxy) is 1. The van der Waals surface area contributed by atoms with Gasteiger partial charge in [-0.1, -0.05) is 23.9 Å². The molecule has 122 valence electrons. The fourth-order valence-electron chi connectivity index (χ4n) is 2.40. The predicted molar refractivity (Wildman–Crippen MR) is 91.3 cm³/mol. The number of aromatic nitrogens is 1. The van der Waals surface area contributed by atoms with Crippen LogP contribution in [0.5, 0.6) is 5.75 Å². The van der Waals surface area contributed by atoms with Gasteiger partial charge in [0.15, 0.2) is 0 Å². The maximum absolute atomic E-state index is 12.3. The van der Waals surface area contributed by atoms with E-state index in [-0.39, 0.29) is 81.8 Å². The van der Waals surface area contributed by atoms with E-state index in [0.717, 1.165) is 5.69 Å². The first-order valence-corrected chi connectivity index (χ1v) is 7.48. The van der Waals surface area contributed by atoms with Crippen molar-refractivity contribution < 1.29 is 72.8 Å². The van der Waals surface area contributed by atoms with Crippen LogP contribution in [0.4, 0.5) is 17.1 Å². The van der Waals surface area contributed by atoms with Gasteiger partial charge < -0.3 is 20.9 Å². The van der Waals surface area contributed by atoms with Crippen LogP contribution in [0, 0.1) is 0 Å². The molecule has 0 bridgehead atoms. The van der Waals surface area contributed by atoms with Crippen molar-refractivity contribution in [2.24, 2.45) is 0 Å². The number of hydrogen-bond acceptors (Lipinski definition) is 6. The fraction of sp³-hybridized carbons (Fsp3) is 0.111. The van der Waals surface area contributed by atoms with Gasteiger partial charge >= 0.3 is 64.2 Å². The van der Waals surface area contributed by atoms with E-state index < -0.39 is 5.97 Å². The van der Waals surface area contributed by atoms with Gasteiger partial charge in [0.2, 0.25) is 0 Å². The molecule has 3 rings (SSSR count). The largest absolute Gasteiger partial charge is 1.00 e. The predicted octanol–water partition coefficient (Wildman–Crippen LogP) is -0.185. The Bertz CT molecular complexity index is 901. The van der Waals surface area contributed by atoms with E-state index in [2.05, 4.69) is 10.3 Å². The van der Waals surface area contributed by atoms with Crippen LogP contribution in [0.15, 0.2) is 48.7 Å². The molecular weight excluding hydrogens is 392 g/mol.